The van der Waals surface area contributed by atoms with Crippen molar-refractivity contribution >= 4 is 19.8 Å². The van der Waals surface area contributed by atoms with Crippen LogP contribution in [0.15, 0.2) is 24.3 Å². The van der Waals surface area contributed by atoms with Crippen LogP contribution in [0, 0.1) is 0 Å². The summed E-state index contributed by atoms with van der Waals surface area (Å²) in [6, 6.07) is 0. The maximum atomic E-state index is 12.9. The van der Waals surface area contributed by atoms with Gasteiger partial charge >= 0.3 is 19.8 Å². The molecule has 0 saturated carbocycles. The van der Waals surface area contributed by atoms with E-state index in [2.05, 4.69) is 38.2 Å². The van der Waals surface area contributed by atoms with Gasteiger partial charge in [-0.05, 0) is 44.9 Å². The third kappa shape index (κ3) is 67.6. The van der Waals surface area contributed by atoms with Gasteiger partial charge in [-0.1, -0.05) is 340 Å². The largest absolute Gasteiger partial charge is 0.472 e. The Morgan fingerprint density at radius 2 is 0.659 bits per heavy atom. The van der Waals surface area contributed by atoms with Crippen LogP contribution >= 0.6 is 7.82 Å². The smallest absolute Gasteiger partial charge is 0.462 e. The molecule has 0 heterocycles. The molecule has 486 valence electrons. The highest BCUT2D eigenvalue weighted by Gasteiger charge is 2.27. The normalized spacial score (nSPS) is 13.2. The number of nitrogens with zero attached hydrogens (tertiary/aromatic N) is 1. The van der Waals surface area contributed by atoms with E-state index >= 15 is 0 Å². The molecule has 0 spiro atoms. The van der Waals surface area contributed by atoms with Gasteiger partial charge in [0.1, 0.15) is 19.8 Å². The second-order valence-electron chi connectivity index (χ2n) is 26.0. The monoisotopic (exact) mass is 1180 g/mol. The van der Waals surface area contributed by atoms with Crippen molar-refractivity contribution in [2.75, 3.05) is 47.5 Å². The quantitative estimate of drug-likeness (QED) is 0.0211. The fourth-order valence-electron chi connectivity index (χ4n) is 10.9. The van der Waals surface area contributed by atoms with Gasteiger partial charge < -0.3 is 18.9 Å². The molecule has 0 rings (SSSR count). The lowest BCUT2D eigenvalue weighted by atomic mass is 10.0. The first-order chi connectivity index (χ1) is 40.0. The van der Waals surface area contributed by atoms with E-state index in [4.69, 9.17) is 18.5 Å². The summed E-state index contributed by atoms with van der Waals surface area (Å²) in [5, 5.41) is 0. The van der Waals surface area contributed by atoms with E-state index in [1.54, 1.807) is 0 Å². The minimum atomic E-state index is -4.39. The van der Waals surface area contributed by atoms with Gasteiger partial charge in [-0.2, -0.15) is 0 Å². The summed E-state index contributed by atoms with van der Waals surface area (Å²) >= 11 is 0. The Bertz CT molecular complexity index is 1430. The standard InChI is InChI=1S/C72H140NO8P/c1-6-8-10-12-14-16-18-20-22-24-26-28-30-32-33-34-35-36-37-38-39-41-43-45-47-49-51-53-55-57-59-61-63-65-72(75)81-70(69-80-82(76,77)79-67-66-73(3,4)5)68-78-71(74)64-62-60-58-56-54-52-50-48-46-44-42-40-31-29-27-25-23-21-19-17-15-13-11-9-7-2/h18,20,24,26,70H,6-17,19,21-23,25,27-69H2,1-5H3/p+1/b20-18-,26-24-. The van der Waals surface area contributed by atoms with Gasteiger partial charge in [-0.15, -0.1) is 0 Å². The first-order valence-corrected chi connectivity index (χ1v) is 37.6. The highest BCUT2D eigenvalue weighted by atomic mass is 31.2. The van der Waals surface area contributed by atoms with Crippen LogP contribution in [0.5, 0.6) is 0 Å². The molecule has 1 N–H and O–H groups in total. The van der Waals surface area contributed by atoms with E-state index in [1.807, 2.05) is 21.1 Å². The summed E-state index contributed by atoms with van der Waals surface area (Å²) in [4.78, 5) is 35.9. The maximum Gasteiger partial charge on any atom is 0.472 e. The van der Waals surface area contributed by atoms with Crippen LogP contribution in [0.2, 0.25) is 0 Å². The number of unbranched alkanes of at least 4 members (excludes halogenated alkanes) is 50. The molecule has 0 aliphatic carbocycles. The Morgan fingerprint density at radius 1 is 0.378 bits per heavy atom. The highest BCUT2D eigenvalue weighted by Crippen LogP contribution is 2.43. The van der Waals surface area contributed by atoms with E-state index in [9.17, 15) is 19.0 Å². The molecule has 82 heavy (non-hydrogen) atoms. The van der Waals surface area contributed by atoms with E-state index in [0.29, 0.717) is 17.4 Å². The molecular formula is C72H141NO8P+. The number of hydrogen-bond donors (Lipinski definition) is 1. The van der Waals surface area contributed by atoms with Crippen molar-refractivity contribution in [3.8, 4) is 0 Å². The molecule has 0 aliphatic rings. The van der Waals surface area contributed by atoms with E-state index in [-0.39, 0.29) is 25.6 Å². The van der Waals surface area contributed by atoms with Gasteiger partial charge in [0.2, 0.25) is 0 Å². The molecule has 0 saturated heterocycles. The average molecular weight is 1180 g/mol. The van der Waals surface area contributed by atoms with Crippen molar-refractivity contribution in [2.45, 2.75) is 380 Å². The molecule has 0 bridgehead atoms. The predicted octanol–water partition coefficient (Wildman–Crippen LogP) is 23.3. The van der Waals surface area contributed by atoms with Crippen LogP contribution in [0.1, 0.15) is 373 Å². The average Bonchev–Trinajstić information content (AvgIpc) is 3.46. The summed E-state index contributed by atoms with van der Waals surface area (Å²) in [5.41, 5.74) is 0. The number of hydrogen-bond acceptors (Lipinski definition) is 7. The number of phosphoric ester groups is 1. The molecule has 2 unspecified atom stereocenters. The fraction of sp³-hybridized carbons (Fsp3) is 0.917. The Hall–Kier alpha value is -1.51. The third-order valence-electron chi connectivity index (χ3n) is 16.5. The van der Waals surface area contributed by atoms with Crippen molar-refractivity contribution in [1.29, 1.82) is 0 Å². The number of likely N-dealkylation sites (N-methyl/N-ethyl adjacent to an activating group) is 1. The van der Waals surface area contributed by atoms with Crippen LogP contribution in [0.25, 0.3) is 0 Å². The summed E-state index contributed by atoms with van der Waals surface area (Å²) < 4.78 is 34.8. The molecule has 0 fully saturated rings. The molecule has 0 aromatic carbocycles. The van der Waals surface area contributed by atoms with E-state index < -0.39 is 26.5 Å². The van der Waals surface area contributed by atoms with Gasteiger partial charge in [0, 0.05) is 12.8 Å². The van der Waals surface area contributed by atoms with Crippen LogP contribution in [0.3, 0.4) is 0 Å². The van der Waals surface area contributed by atoms with Gasteiger partial charge in [-0.3, -0.25) is 18.6 Å². The summed E-state index contributed by atoms with van der Waals surface area (Å²) in [7, 11) is 1.50. The van der Waals surface area contributed by atoms with Crippen molar-refractivity contribution in [3.05, 3.63) is 24.3 Å². The number of carbonyl (C=O) groups is 2. The molecule has 9 nitrogen and oxygen atoms in total. The molecule has 10 heteroatoms. The van der Waals surface area contributed by atoms with E-state index in [1.165, 1.54) is 302 Å². The van der Waals surface area contributed by atoms with Crippen LogP contribution in [0.4, 0.5) is 0 Å². The first kappa shape index (κ1) is 80.5. The fourth-order valence-corrected chi connectivity index (χ4v) is 11.7. The molecule has 0 radical (unpaired) electrons. The molecular weight excluding hydrogens is 1040 g/mol. The minimum Gasteiger partial charge on any atom is -0.462 e. The molecule has 0 amide bonds. The molecule has 0 aromatic heterocycles. The minimum absolute atomic E-state index is 0.0360. The third-order valence-corrected chi connectivity index (χ3v) is 17.5. The number of carbonyl (C=O) groups excluding carboxylic acids is 2. The Kier molecular flexibility index (Phi) is 62.8. The zero-order chi connectivity index (χ0) is 59.8. The lowest BCUT2D eigenvalue weighted by molar-refractivity contribution is -0.870. The van der Waals surface area contributed by atoms with Crippen molar-refractivity contribution < 1.29 is 42.1 Å². The van der Waals surface area contributed by atoms with Crippen molar-refractivity contribution in [3.63, 3.8) is 0 Å². The number of rotatable bonds is 68. The highest BCUT2D eigenvalue weighted by molar-refractivity contribution is 7.47. The number of esters is 2. The molecule has 0 aliphatic heterocycles. The van der Waals surface area contributed by atoms with Crippen molar-refractivity contribution in [1.82, 2.24) is 0 Å². The Labute approximate surface area is 510 Å². The number of allylic oxidation sites excluding steroid dienone is 4. The maximum absolute atomic E-state index is 12.9. The summed E-state index contributed by atoms with van der Waals surface area (Å²) in [6.45, 7) is 4.51. The lowest BCUT2D eigenvalue weighted by Gasteiger charge is -2.24. The lowest BCUT2D eigenvalue weighted by Crippen LogP contribution is -2.37. The summed E-state index contributed by atoms with van der Waals surface area (Å²) in [5.74, 6) is -0.771. The zero-order valence-electron chi connectivity index (χ0n) is 55.5. The number of ether oxygens (including phenoxy) is 2. The van der Waals surface area contributed by atoms with Crippen LogP contribution in [-0.4, -0.2) is 74.9 Å². The second-order valence-corrected chi connectivity index (χ2v) is 27.4. The van der Waals surface area contributed by atoms with Gasteiger partial charge in [0.05, 0.1) is 27.7 Å². The number of quaternary nitrogens is 1. The molecule has 0 aromatic rings. The Morgan fingerprint density at radius 3 is 0.963 bits per heavy atom. The van der Waals surface area contributed by atoms with Crippen LogP contribution in [-0.2, 0) is 32.7 Å². The zero-order valence-corrected chi connectivity index (χ0v) is 56.4. The SMILES string of the molecule is CCCCCCC/C=C\C/C=C\CCCCCCCCCCCCCCCCCCCCCCCC(=O)OC(COC(=O)CCCCCCCCCCCCCCCCCCCCCCCCCCC)COP(=O)(O)OCC[N+](C)(C)C. The van der Waals surface area contributed by atoms with Gasteiger partial charge in [0.25, 0.3) is 0 Å². The Balaban J connectivity index is 3.96. The molecule has 2 atom stereocenters. The summed E-state index contributed by atoms with van der Waals surface area (Å²) in [6.07, 6.45) is 80.1. The second kappa shape index (κ2) is 64.0. The first-order valence-electron chi connectivity index (χ1n) is 36.1. The van der Waals surface area contributed by atoms with E-state index in [0.717, 1.165) is 44.9 Å². The topological polar surface area (TPSA) is 108 Å². The van der Waals surface area contributed by atoms with Crippen LogP contribution < -0.4 is 0 Å². The van der Waals surface area contributed by atoms with Gasteiger partial charge in [0.15, 0.2) is 6.10 Å². The van der Waals surface area contributed by atoms with Crippen molar-refractivity contribution in [2.24, 2.45) is 0 Å². The number of phosphoric acid groups is 1. The van der Waals surface area contributed by atoms with Gasteiger partial charge in [-0.25, -0.2) is 4.57 Å². The predicted molar refractivity (Wildman–Crippen MR) is 354 cm³/mol.